The van der Waals surface area contributed by atoms with Crippen molar-refractivity contribution in [2.45, 2.75) is 19.3 Å². The second-order valence-electron chi connectivity index (χ2n) is 8.30. The largest absolute Gasteiger partial charge is 0.364 e. The van der Waals surface area contributed by atoms with E-state index < -0.39 is 5.91 Å². The van der Waals surface area contributed by atoms with Crippen LogP contribution in [0.15, 0.2) is 36.5 Å². The maximum Gasteiger partial charge on any atom is 0.269 e. The Labute approximate surface area is 186 Å². The van der Waals surface area contributed by atoms with Crippen LogP contribution in [0, 0.1) is 17.8 Å². The number of pyridine rings is 1. The number of hydrogen-bond donors (Lipinski definition) is 1. The minimum absolute atomic E-state index is 0.0692. The predicted octanol–water partition coefficient (Wildman–Crippen LogP) is 1.95. The molecule has 1 unspecified atom stereocenters. The van der Waals surface area contributed by atoms with Gasteiger partial charge in [0.1, 0.15) is 11.7 Å². The van der Waals surface area contributed by atoms with Gasteiger partial charge in [0, 0.05) is 44.5 Å². The first-order chi connectivity index (χ1) is 15.5. The summed E-state index contributed by atoms with van der Waals surface area (Å²) in [5.41, 5.74) is 8.10. The Morgan fingerprint density at radius 3 is 2.72 bits per heavy atom. The van der Waals surface area contributed by atoms with Crippen molar-refractivity contribution >= 4 is 28.5 Å². The molecule has 0 aliphatic carbocycles. The van der Waals surface area contributed by atoms with Gasteiger partial charge in [0.15, 0.2) is 5.69 Å². The van der Waals surface area contributed by atoms with E-state index in [1.165, 1.54) is 0 Å². The predicted molar refractivity (Wildman–Crippen MR) is 121 cm³/mol. The fourth-order valence-corrected chi connectivity index (χ4v) is 4.34. The molecule has 5 rings (SSSR count). The van der Waals surface area contributed by atoms with Crippen LogP contribution in [0.1, 0.15) is 35.3 Å². The minimum Gasteiger partial charge on any atom is -0.364 e. The first kappa shape index (κ1) is 20.1. The number of fused-ring (bicyclic) bond motifs is 1. The van der Waals surface area contributed by atoms with Gasteiger partial charge in [0.25, 0.3) is 5.91 Å². The smallest absolute Gasteiger partial charge is 0.269 e. The summed E-state index contributed by atoms with van der Waals surface area (Å²) in [6.45, 7) is 2.67. The zero-order valence-corrected chi connectivity index (χ0v) is 17.9. The van der Waals surface area contributed by atoms with E-state index >= 15 is 0 Å². The number of hydrogen-bond acceptors (Lipinski definition) is 5. The SMILES string of the molecule is CN1CCC(C#Cc2cccc(-n3nc(C(N)=O)c4cnc(N5CCCC5)cc43)c2)C1=O. The van der Waals surface area contributed by atoms with Crippen molar-refractivity contribution < 1.29 is 9.59 Å². The van der Waals surface area contributed by atoms with Crippen LogP contribution >= 0.6 is 0 Å². The lowest BCUT2D eigenvalue weighted by molar-refractivity contribution is -0.128. The van der Waals surface area contributed by atoms with E-state index in [0.717, 1.165) is 61.5 Å². The number of nitrogens with two attached hydrogens (primary N) is 1. The van der Waals surface area contributed by atoms with E-state index in [2.05, 4.69) is 26.8 Å². The molecule has 0 bridgehead atoms. The van der Waals surface area contributed by atoms with Crippen LogP contribution in [0.4, 0.5) is 5.82 Å². The Kier molecular flexibility index (Phi) is 5.02. The Morgan fingerprint density at radius 1 is 1.19 bits per heavy atom. The lowest BCUT2D eigenvalue weighted by Gasteiger charge is -2.16. The van der Waals surface area contributed by atoms with Crippen molar-refractivity contribution in [1.82, 2.24) is 19.7 Å². The molecule has 2 aromatic heterocycles. The van der Waals surface area contributed by atoms with Crippen LogP contribution in [0.3, 0.4) is 0 Å². The molecule has 8 nitrogen and oxygen atoms in total. The van der Waals surface area contributed by atoms with Crippen molar-refractivity contribution in [3.8, 4) is 17.5 Å². The molecule has 2 aliphatic heterocycles. The molecule has 2 fully saturated rings. The lowest BCUT2D eigenvalue weighted by Crippen LogP contribution is -2.21. The average molecular weight is 428 g/mol. The monoisotopic (exact) mass is 428 g/mol. The molecule has 2 amide bonds. The van der Waals surface area contributed by atoms with E-state index in [9.17, 15) is 9.59 Å². The molecule has 32 heavy (non-hydrogen) atoms. The van der Waals surface area contributed by atoms with Gasteiger partial charge >= 0.3 is 0 Å². The first-order valence-corrected chi connectivity index (χ1v) is 10.8. The van der Waals surface area contributed by atoms with Gasteiger partial charge in [0.05, 0.1) is 16.6 Å². The highest BCUT2D eigenvalue weighted by Crippen LogP contribution is 2.27. The van der Waals surface area contributed by atoms with Crippen molar-refractivity contribution in [2.24, 2.45) is 11.7 Å². The number of carbonyl (C=O) groups is 2. The molecule has 0 spiro atoms. The Bertz CT molecular complexity index is 1280. The summed E-state index contributed by atoms with van der Waals surface area (Å²) >= 11 is 0. The van der Waals surface area contributed by atoms with Gasteiger partial charge in [-0.15, -0.1) is 0 Å². The van der Waals surface area contributed by atoms with Gasteiger partial charge in [-0.1, -0.05) is 17.9 Å². The van der Waals surface area contributed by atoms with E-state index in [0.29, 0.717) is 5.39 Å². The number of rotatable bonds is 3. The van der Waals surface area contributed by atoms with Crippen LogP contribution in [0.2, 0.25) is 0 Å². The Morgan fingerprint density at radius 2 is 2.00 bits per heavy atom. The first-order valence-electron chi connectivity index (χ1n) is 10.8. The van der Waals surface area contributed by atoms with Crippen molar-refractivity contribution in [2.75, 3.05) is 31.6 Å². The van der Waals surface area contributed by atoms with E-state index in [1.807, 2.05) is 30.3 Å². The number of aromatic nitrogens is 3. The van der Waals surface area contributed by atoms with Crippen LogP contribution in [0.25, 0.3) is 16.6 Å². The number of carbonyl (C=O) groups excluding carboxylic acids is 2. The second kappa shape index (κ2) is 8.00. The number of primary amides is 1. The van der Waals surface area contributed by atoms with Crippen molar-refractivity contribution in [3.05, 3.63) is 47.8 Å². The Hall–Kier alpha value is -3.86. The fraction of sp³-hybridized carbons (Fsp3) is 0.333. The molecule has 2 saturated heterocycles. The number of amides is 2. The van der Waals surface area contributed by atoms with E-state index in [4.69, 9.17) is 5.73 Å². The highest BCUT2D eigenvalue weighted by Gasteiger charge is 2.27. The molecule has 2 N–H and O–H groups in total. The molecule has 2 aliphatic rings. The molecular weight excluding hydrogens is 404 g/mol. The molecule has 1 aromatic carbocycles. The fourth-order valence-electron chi connectivity index (χ4n) is 4.34. The normalized spacial score (nSPS) is 18.3. The summed E-state index contributed by atoms with van der Waals surface area (Å²) in [6.07, 6.45) is 4.72. The number of likely N-dealkylation sites (tertiary alicyclic amines) is 1. The van der Waals surface area contributed by atoms with Gasteiger partial charge in [-0.05, 0) is 37.5 Å². The van der Waals surface area contributed by atoms with Gasteiger partial charge < -0.3 is 15.5 Å². The summed E-state index contributed by atoms with van der Waals surface area (Å²) in [5, 5.41) is 5.12. The Balaban J connectivity index is 1.55. The van der Waals surface area contributed by atoms with Crippen LogP contribution in [-0.4, -0.2) is 58.2 Å². The summed E-state index contributed by atoms with van der Waals surface area (Å²) in [4.78, 5) is 32.6. The molecule has 8 heteroatoms. The van der Waals surface area contributed by atoms with Gasteiger partial charge in [-0.3, -0.25) is 9.59 Å². The van der Waals surface area contributed by atoms with E-state index in [-0.39, 0.29) is 17.5 Å². The maximum absolute atomic E-state index is 12.1. The third-order valence-corrected chi connectivity index (χ3v) is 6.12. The number of nitrogens with zero attached hydrogens (tertiary/aromatic N) is 5. The summed E-state index contributed by atoms with van der Waals surface area (Å²) in [6, 6.07) is 9.57. The lowest BCUT2D eigenvalue weighted by atomic mass is 10.1. The summed E-state index contributed by atoms with van der Waals surface area (Å²) < 4.78 is 1.72. The second-order valence-corrected chi connectivity index (χ2v) is 8.30. The highest BCUT2D eigenvalue weighted by molar-refractivity contribution is 6.04. The highest BCUT2D eigenvalue weighted by atomic mass is 16.2. The molecule has 0 saturated carbocycles. The summed E-state index contributed by atoms with van der Waals surface area (Å²) in [5.74, 6) is 6.32. The molecular formula is C24H24N6O2. The molecule has 3 aromatic rings. The zero-order chi connectivity index (χ0) is 22.2. The third kappa shape index (κ3) is 3.56. The molecule has 1 atom stereocenters. The quantitative estimate of drug-likeness (QED) is 0.643. The number of benzene rings is 1. The van der Waals surface area contributed by atoms with Gasteiger partial charge in [-0.2, -0.15) is 5.10 Å². The minimum atomic E-state index is -0.593. The van der Waals surface area contributed by atoms with E-state index in [1.54, 1.807) is 22.8 Å². The summed E-state index contributed by atoms with van der Waals surface area (Å²) in [7, 11) is 1.80. The van der Waals surface area contributed by atoms with Crippen LogP contribution < -0.4 is 10.6 Å². The van der Waals surface area contributed by atoms with Crippen LogP contribution in [-0.2, 0) is 4.79 Å². The van der Waals surface area contributed by atoms with Crippen LogP contribution in [0.5, 0.6) is 0 Å². The topological polar surface area (TPSA) is 97.3 Å². The van der Waals surface area contributed by atoms with Gasteiger partial charge in [-0.25, -0.2) is 9.67 Å². The average Bonchev–Trinajstić information content (AvgIpc) is 3.53. The zero-order valence-electron chi connectivity index (χ0n) is 17.9. The molecule has 0 radical (unpaired) electrons. The molecule has 162 valence electrons. The van der Waals surface area contributed by atoms with Gasteiger partial charge in [0.2, 0.25) is 5.91 Å². The third-order valence-electron chi connectivity index (χ3n) is 6.12. The molecule has 4 heterocycles. The standard InChI is InChI=1S/C24H24N6O2/c1-28-12-9-17(24(28)32)8-7-16-5-4-6-18(13-16)30-20-14-21(29-10-2-3-11-29)26-15-19(20)22(27-30)23(25)31/h4-6,13-15,17H,2-3,9-12H2,1H3,(H2,25,31). The van der Waals surface area contributed by atoms with Crippen molar-refractivity contribution in [3.63, 3.8) is 0 Å². The number of anilines is 1. The maximum atomic E-state index is 12.1. The van der Waals surface area contributed by atoms with Crippen molar-refractivity contribution in [1.29, 1.82) is 0 Å².